The molecule has 0 aliphatic rings. The van der Waals surface area contributed by atoms with E-state index in [1.165, 1.54) is 0 Å². The summed E-state index contributed by atoms with van der Waals surface area (Å²) in [6.45, 7) is 1.82. The third-order valence-electron chi connectivity index (χ3n) is 1.14. The number of nitrogens with zero attached hydrogens (tertiary/aromatic N) is 1. The Morgan fingerprint density at radius 3 is 2.78 bits per heavy atom. The number of aryl methyl sites for hydroxylation is 1. The average Bonchev–Trinajstić information content (AvgIpc) is 1.83. The summed E-state index contributed by atoms with van der Waals surface area (Å²) >= 11 is 5.65. The second-order valence-electron chi connectivity index (χ2n) is 1.79. The Bertz CT molecular complexity index is 204. The van der Waals surface area contributed by atoms with E-state index >= 15 is 0 Å². The number of hydrogen-bond donors (Lipinski definition) is 0. The van der Waals surface area contributed by atoms with E-state index in [0.29, 0.717) is 10.5 Å². The van der Waals surface area contributed by atoms with Crippen LogP contribution in [0.3, 0.4) is 0 Å². The van der Waals surface area contributed by atoms with Crippen LogP contribution in [-0.4, -0.2) is 12.8 Å². The Labute approximate surface area is 60.5 Å². The zero-order valence-corrected chi connectivity index (χ0v) is 5.81. The fourth-order valence-electron chi connectivity index (χ4n) is 0.547. The first-order valence-corrected chi connectivity index (χ1v) is 2.96. The van der Waals surface area contributed by atoms with Gasteiger partial charge in [0.05, 0.1) is 0 Å². The van der Waals surface area contributed by atoms with Gasteiger partial charge in [-0.15, -0.1) is 0 Å². The molecule has 1 aromatic rings. The molecule has 1 rings (SSSR count). The summed E-state index contributed by atoms with van der Waals surface area (Å²) in [5, 5.41) is 0.572. The van der Waals surface area contributed by atoms with E-state index < -0.39 is 0 Å². The van der Waals surface area contributed by atoms with Crippen LogP contribution in [0.5, 0.6) is 0 Å². The summed E-state index contributed by atoms with van der Waals surface area (Å²) in [6.07, 6.45) is 1.63. The van der Waals surface area contributed by atoms with Crippen LogP contribution >= 0.6 is 11.6 Å². The Hall–Kier alpha value is -0.495. The molecule has 1 aromatic heterocycles. The van der Waals surface area contributed by atoms with Crippen molar-refractivity contribution in [3.63, 3.8) is 0 Å². The van der Waals surface area contributed by atoms with E-state index in [1.54, 1.807) is 12.3 Å². The van der Waals surface area contributed by atoms with Crippen LogP contribution in [0.4, 0.5) is 0 Å². The van der Waals surface area contributed by atoms with Gasteiger partial charge in [-0.25, -0.2) is 0 Å². The first kappa shape index (κ1) is 6.62. The van der Waals surface area contributed by atoms with Crippen LogP contribution < -0.4 is 5.46 Å². The summed E-state index contributed by atoms with van der Waals surface area (Å²) in [7, 11) is 5.49. The zero-order valence-electron chi connectivity index (χ0n) is 5.06. The van der Waals surface area contributed by atoms with Gasteiger partial charge in [0.15, 0.2) is 0 Å². The smallest absolute Gasteiger partial charge is 0.118 e. The van der Waals surface area contributed by atoms with Crippen molar-refractivity contribution in [2.24, 2.45) is 0 Å². The monoisotopic (exact) mass is 137 g/mol. The van der Waals surface area contributed by atoms with Crippen molar-refractivity contribution in [1.82, 2.24) is 4.98 Å². The van der Waals surface area contributed by atoms with Gasteiger partial charge in [0.25, 0.3) is 0 Å². The number of aromatic nitrogens is 1. The third-order valence-corrected chi connectivity index (χ3v) is 1.47. The van der Waals surface area contributed by atoms with Crippen LogP contribution in [0.1, 0.15) is 5.69 Å². The second kappa shape index (κ2) is 2.40. The Morgan fingerprint density at radius 2 is 2.33 bits per heavy atom. The van der Waals surface area contributed by atoms with Gasteiger partial charge in [0, 0.05) is 16.9 Å². The van der Waals surface area contributed by atoms with Crippen molar-refractivity contribution < 1.29 is 0 Å². The second-order valence-corrected chi connectivity index (χ2v) is 2.20. The SMILES string of the molecule is [B]c1c(Cl)ccnc1C. The lowest BCUT2D eigenvalue weighted by Gasteiger charge is -1.98. The van der Waals surface area contributed by atoms with Crippen LogP contribution in [0, 0.1) is 6.92 Å². The van der Waals surface area contributed by atoms with E-state index in [-0.39, 0.29) is 0 Å². The molecule has 0 spiro atoms. The van der Waals surface area contributed by atoms with Crippen molar-refractivity contribution in [2.75, 3.05) is 0 Å². The summed E-state index contributed by atoms with van der Waals surface area (Å²) < 4.78 is 0. The molecular formula is C6H5BClN. The maximum atomic E-state index is 5.65. The van der Waals surface area contributed by atoms with Gasteiger partial charge in [-0.3, -0.25) is 4.98 Å². The van der Waals surface area contributed by atoms with Gasteiger partial charge in [0.1, 0.15) is 7.85 Å². The molecule has 1 nitrogen and oxygen atoms in total. The molecule has 0 saturated heterocycles. The molecule has 0 atom stereocenters. The van der Waals surface area contributed by atoms with Crippen LogP contribution in [-0.2, 0) is 0 Å². The first-order chi connectivity index (χ1) is 4.22. The molecule has 1 heterocycles. The molecular weight excluding hydrogens is 132 g/mol. The van der Waals surface area contributed by atoms with Crippen molar-refractivity contribution >= 4 is 24.9 Å². The highest BCUT2D eigenvalue weighted by Gasteiger charge is 1.94. The van der Waals surface area contributed by atoms with Gasteiger partial charge in [-0.05, 0) is 13.0 Å². The minimum absolute atomic E-state index is 0.569. The minimum atomic E-state index is 0.569. The molecule has 0 bridgehead atoms. The van der Waals surface area contributed by atoms with Gasteiger partial charge in [-0.2, -0.15) is 0 Å². The summed E-state index contributed by atoms with van der Waals surface area (Å²) in [5.41, 5.74) is 1.35. The molecule has 0 aromatic carbocycles. The molecule has 0 N–H and O–H groups in total. The molecule has 0 unspecified atom stereocenters. The maximum Gasteiger partial charge on any atom is 0.118 e. The number of rotatable bonds is 0. The summed E-state index contributed by atoms with van der Waals surface area (Å²) in [5.74, 6) is 0. The lowest BCUT2D eigenvalue weighted by atomic mass is 9.95. The lowest BCUT2D eigenvalue weighted by Crippen LogP contribution is -2.09. The highest BCUT2D eigenvalue weighted by molar-refractivity contribution is 6.45. The summed E-state index contributed by atoms with van der Waals surface area (Å²) in [4.78, 5) is 3.93. The first-order valence-electron chi connectivity index (χ1n) is 2.58. The maximum absolute atomic E-state index is 5.65. The highest BCUT2D eigenvalue weighted by atomic mass is 35.5. The van der Waals surface area contributed by atoms with E-state index in [9.17, 15) is 0 Å². The van der Waals surface area contributed by atoms with Gasteiger partial charge in [-0.1, -0.05) is 17.1 Å². The van der Waals surface area contributed by atoms with Crippen LogP contribution in [0.25, 0.3) is 0 Å². The molecule has 2 radical (unpaired) electrons. The average molecular weight is 137 g/mol. The van der Waals surface area contributed by atoms with Gasteiger partial charge >= 0.3 is 0 Å². The highest BCUT2D eigenvalue weighted by Crippen LogP contribution is 2.01. The molecule has 0 aliphatic heterocycles. The van der Waals surface area contributed by atoms with Crippen molar-refractivity contribution in [2.45, 2.75) is 6.92 Å². The number of pyridine rings is 1. The van der Waals surface area contributed by atoms with E-state index in [2.05, 4.69) is 4.98 Å². The predicted octanol–water partition coefficient (Wildman–Crippen LogP) is 0.837. The minimum Gasteiger partial charge on any atom is -0.262 e. The van der Waals surface area contributed by atoms with Crippen LogP contribution in [0.15, 0.2) is 12.3 Å². The predicted molar refractivity (Wildman–Crippen MR) is 39.4 cm³/mol. The zero-order chi connectivity index (χ0) is 6.85. The normalized spacial score (nSPS) is 9.56. The quantitative estimate of drug-likeness (QED) is 0.483. The Morgan fingerprint density at radius 1 is 1.67 bits per heavy atom. The summed E-state index contributed by atoms with van der Waals surface area (Å²) in [6, 6.07) is 1.67. The topological polar surface area (TPSA) is 12.9 Å². The fraction of sp³-hybridized carbons (Fsp3) is 0.167. The molecule has 0 saturated carbocycles. The van der Waals surface area contributed by atoms with Crippen molar-refractivity contribution in [3.8, 4) is 0 Å². The molecule has 0 amide bonds. The van der Waals surface area contributed by atoms with Crippen molar-refractivity contribution in [3.05, 3.63) is 23.0 Å². The Balaban J connectivity index is 3.25. The van der Waals surface area contributed by atoms with E-state index in [1.807, 2.05) is 6.92 Å². The molecule has 0 aliphatic carbocycles. The Kier molecular flexibility index (Phi) is 1.77. The molecule has 3 heteroatoms. The van der Waals surface area contributed by atoms with E-state index in [4.69, 9.17) is 19.4 Å². The lowest BCUT2D eigenvalue weighted by molar-refractivity contribution is 1.22. The standard InChI is InChI=1S/C6H5BClN/c1-4-6(7)5(8)2-3-9-4/h2-3H,1H3. The molecule has 0 fully saturated rings. The van der Waals surface area contributed by atoms with Gasteiger partial charge in [0.2, 0.25) is 0 Å². The molecule has 44 valence electrons. The van der Waals surface area contributed by atoms with Crippen LogP contribution in [0.2, 0.25) is 5.02 Å². The number of hydrogen-bond acceptors (Lipinski definition) is 1. The van der Waals surface area contributed by atoms with E-state index in [0.717, 1.165) is 5.69 Å². The van der Waals surface area contributed by atoms with Gasteiger partial charge < -0.3 is 0 Å². The largest absolute Gasteiger partial charge is 0.262 e. The third kappa shape index (κ3) is 1.25. The fourth-order valence-corrected chi connectivity index (χ4v) is 0.740. The van der Waals surface area contributed by atoms with Crippen molar-refractivity contribution in [1.29, 1.82) is 0 Å². The molecule has 9 heavy (non-hydrogen) atoms. The number of halogens is 1.